The van der Waals surface area contributed by atoms with Crippen molar-refractivity contribution in [1.82, 2.24) is 10.4 Å². The van der Waals surface area contributed by atoms with Gasteiger partial charge in [0.15, 0.2) is 0 Å². The number of hydrogen-bond donors (Lipinski definition) is 1. The maximum Gasteiger partial charge on any atom is 0.272 e. The quantitative estimate of drug-likeness (QED) is 0.309. The largest absolute Gasteiger partial charge is 0.272 e. The highest BCUT2D eigenvalue weighted by Crippen LogP contribution is 2.25. The molecule has 0 aliphatic rings. The molecule has 148 valence electrons. The van der Waals surface area contributed by atoms with Crippen LogP contribution in [0.5, 0.6) is 0 Å². The third-order valence-corrected chi connectivity index (χ3v) is 5.00. The molecule has 0 fully saturated rings. The molecule has 0 unspecified atom stereocenters. The number of rotatable bonds is 4. The Bertz CT molecular complexity index is 1270. The van der Waals surface area contributed by atoms with Gasteiger partial charge in [0.2, 0.25) is 0 Å². The molecule has 0 atom stereocenters. The second-order valence-electron chi connectivity index (χ2n) is 6.44. The molecule has 0 aliphatic heterocycles. The minimum atomic E-state index is -0.404. The van der Waals surface area contributed by atoms with E-state index in [4.69, 9.17) is 23.2 Å². The molecule has 0 aliphatic carbocycles. The number of hydrazone groups is 1. The van der Waals surface area contributed by atoms with Gasteiger partial charge < -0.3 is 0 Å². The van der Waals surface area contributed by atoms with Gasteiger partial charge in [0, 0.05) is 21.5 Å². The van der Waals surface area contributed by atoms with Crippen LogP contribution in [-0.4, -0.2) is 17.1 Å². The van der Waals surface area contributed by atoms with E-state index in [1.54, 1.807) is 36.4 Å². The summed E-state index contributed by atoms with van der Waals surface area (Å²) in [5.41, 5.74) is 5.45. The number of amides is 1. The zero-order chi connectivity index (χ0) is 21.1. The summed E-state index contributed by atoms with van der Waals surface area (Å²) in [4.78, 5) is 17.5. The lowest BCUT2D eigenvalue weighted by Gasteiger charge is -2.09. The Morgan fingerprint density at radius 2 is 1.77 bits per heavy atom. The van der Waals surface area contributed by atoms with E-state index in [2.05, 4.69) is 15.5 Å². The summed E-state index contributed by atoms with van der Waals surface area (Å²) in [5, 5.41) is 5.62. The Morgan fingerprint density at radius 1 is 1.00 bits per heavy atom. The van der Waals surface area contributed by atoms with Gasteiger partial charge in [-0.25, -0.2) is 14.8 Å². The number of para-hydroxylation sites is 1. The smallest absolute Gasteiger partial charge is 0.267 e. The molecule has 4 rings (SSSR count). The van der Waals surface area contributed by atoms with E-state index in [0.717, 1.165) is 0 Å². The van der Waals surface area contributed by atoms with Gasteiger partial charge in [0.25, 0.3) is 5.91 Å². The van der Waals surface area contributed by atoms with E-state index >= 15 is 0 Å². The van der Waals surface area contributed by atoms with E-state index in [0.29, 0.717) is 43.3 Å². The number of nitrogens with one attached hydrogen (secondary N) is 1. The average Bonchev–Trinajstić information content (AvgIpc) is 2.75. The van der Waals surface area contributed by atoms with Crippen molar-refractivity contribution in [3.05, 3.63) is 99.8 Å². The van der Waals surface area contributed by atoms with E-state index in [1.807, 2.05) is 24.3 Å². The molecule has 30 heavy (non-hydrogen) atoms. The number of nitrogens with zero attached hydrogens (tertiary/aromatic N) is 2. The SMILES string of the molecule is O=C(NN=Cc1ccc(Cl)cc1Cl)c1cc(-c2ccc(F)cc2)nc2ccccc12. The number of hydrogen-bond acceptors (Lipinski definition) is 3. The van der Waals surface area contributed by atoms with Gasteiger partial charge in [-0.15, -0.1) is 0 Å². The summed E-state index contributed by atoms with van der Waals surface area (Å²) in [7, 11) is 0. The predicted octanol–water partition coefficient (Wildman–Crippen LogP) is 6.11. The third kappa shape index (κ3) is 4.32. The van der Waals surface area contributed by atoms with Crippen molar-refractivity contribution in [2.45, 2.75) is 0 Å². The monoisotopic (exact) mass is 437 g/mol. The van der Waals surface area contributed by atoms with Crippen molar-refractivity contribution in [3.63, 3.8) is 0 Å². The van der Waals surface area contributed by atoms with Crippen LogP contribution in [-0.2, 0) is 0 Å². The Kier molecular flexibility index (Phi) is 5.74. The van der Waals surface area contributed by atoms with Crippen molar-refractivity contribution in [1.29, 1.82) is 0 Å². The number of carbonyl (C=O) groups excluding carboxylic acids is 1. The van der Waals surface area contributed by atoms with E-state index < -0.39 is 5.91 Å². The Labute approximate surface area is 182 Å². The average molecular weight is 438 g/mol. The molecule has 4 aromatic rings. The molecule has 3 aromatic carbocycles. The maximum atomic E-state index is 13.3. The number of carbonyl (C=O) groups is 1. The fourth-order valence-corrected chi connectivity index (χ4v) is 3.42. The molecule has 4 nitrogen and oxygen atoms in total. The number of benzene rings is 3. The highest BCUT2D eigenvalue weighted by molar-refractivity contribution is 6.36. The van der Waals surface area contributed by atoms with Gasteiger partial charge in [0.05, 0.1) is 28.0 Å². The van der Waals surface area contributed by atoms with Crippen molar-refractivity contribution in [2.24, 2.45) is 5.10 Å². The first-order valence-electron chi connectivity index (χ1n) is 8.95. The fraction of sp³-hybridized carbons (Fsp3) is 0. The zero-order valence-electron chi connectivity index (χ0n) is 15.4. The second kappa shape index (κ2) is 8.61. The molecular weight excluding hydrogens is 424 g/mol. The van der Waals surface area contributed by atoms with Crippen LogP contribution in [0.25, 0.3) is 22.2 Å². The van der Waals surface area contributed by atoms with Gasteiger partial charge in [-0.3, -0.25) is 4.79 Å². The first-order valence-corrected chi connectivity index (χ1v) is 9.71. The first-order chi connectivity index (χ1) is 14.5. The minimum absolute atomic E-state index is 0.340. The van der Waals surface area contributed by atoms with Crippen LogP contribution in [0.4, 0.5) is 4.39 Å². The molecule has 0 bridgehead atoms. The lowest BCUT2D eigenvalue weighted by molar-refractivity contribution is 0.0956. The second-order valence-corrected chi connectivity index (χ2v) is 7.29. The molecule has 7 heteroatoms. The molecule has 1 N–H and O–H groups in total. The fourth-order valence-electron chi connectivity index (χ4n) is 2.96. The lowest BCUT2D eigenvalue weighted by atomic mass is 10.0. The Balaban J connectivity index is 1.67. The first kappa shape index (κ1) is 20.0. The molecule has 1 heterocycles. The van der Waals surface area contributed by atoms with Crippen molar-refractivity contribution in [2.75, 3.05) is 0 Å². The maximum absolute atomic E-state index is 13.3. The van der Waals surface area contributed by atoms with Gasteiger partial charge in [-0.1, -0.05) is 47.5 Å². The molecule has 0 radical (unpaired) electrons. The highest BCUT2D eigenvalue weighted by atomic mass is 35.5. The van der Waals surface area contributed by atoms with Gasteiger partial charge in [-0.2, -0.15) is 5.10 Å². The van der Waals surface area contributed by atoms with Crippen molar-refractivity contribution < 1.29 is 9.18 Å². The van der Waals surface area contributed by atoms with Crippen molar-refractivity contribution >= 4 is 46.2 Å². The third-order valence-electron chi connectivity index (χ3n) is 4.43. The van der Waals surface area contributed by atoms with Crippen LogP contribution in [0.2, 0.25) is 10.0 Å². The summed E-state index contributed by atoms with van der Waals surface area (Å²) in [6.07, 6.45) is 1.45. The van der Waals surface area contributed by atoms with Crippen LogP contribution < -0.4 is 5.43 Å². The van der Waals surface area contributed by atoms with Crippen molar-refractivity contribution in [3.8, 4) is 11.3 Å². The molecular formula is C23H14Cl2FN3O. The molecule has 0 saturated carbocycles. The van der Waals surface area contributed by atoms with Crippen LogP contribution >= 0.6 is 23.2 Å². The predicted molar refractivity (Wildman–Crippen MR) is 119 cm³/mol. The molecule has 0 spiro atoms. The van der Waals surface area contributed by atoms with E-state index in [1.165, 1.54) is 18.3 Å². The summed E-state index contributed by atoms with van der Waals surface area (Å²) < 4.78 is 13.3. The van der Waals surface area contributed by atoms with Gasteiger partial charge in [-0.05, 0) is 48.5 Å². The Morgan fingerprint density at radius 3 is 2.53 bits per heavy atom. The van der Waals surface area contributed by atoms with Gasteiger partial charge >= 0.3 is 0 Å². The van der Waals surface area contributed by atoms with Crippen LogP contribution in [0.3, 0.4) is 0 Å². The number of halogens is 3. The topological polar surface area (TPSA) is 54.4 Å². The van der Waals surface area contributed by atoms with Gasteiger partial charge in [0.1, 0.15) is 5.82 Å². The zero-order valence-corrected chi connectivity index (χ0v) is 17.0. The highest BCUT2D eigenvalue weighted by Gasteiger charge is 2.13. The molecule has 1 aromatic heterocycles. The number of fused-ring (bicyclic) bond motifs is 1. The van der Waals surface area contributed by atoms with Crippen LogP contribution in [0.15, 0.2) is 77.9 Å². The number of aromatic nitrogens is 1. The van der Waals surface area contributed by atoms with Crippen LogP contribution in [0, 0.1) is 5.82 Å². The lowest BCUT2D eigenvalue weighted by Crippen LogP contribution is -2.18. The minimum Gasteiger partial charge on any atom is -0.267 e. The summed E-state index contributed by atoms with van der Waals surface area (Å²) in [6.45, 7) is 0. The molecule has 1 amide bonds. The van der Waals surface area contributed by atoms with Crippen LogP contribution in [0.1, 0.15) is 15.9 Å². The summed E-state index contributed by atoms with van der Waals surface area (Å²) in [6, 6.07) is 19.9. The Hall–Kier alpha value is -3.28. The van der Waals surface area contributed by atoms with E-state index in [-0.39, 0.29) is 5.82 Å². The van der Waals surface area contributed by atoms with E-state index in [9.17, 15) is 9.18 Å². The summed E-state index contributed by atoms with van der Waals surface area (Å²) >= 11 is 12.0. The normalized spacial score (nSPS) is 11.2. The molecule has 0 saturated heterocycles. The number of pyridine rings is 1. The standard InChI is InChI=1S/C23H14Cl2FN3O/c24-16-8-5-15(20(25)11-16)13-27-29-23(30)19-12-22(14-6-9-17(26)10-7-14)28-21-4-2-1-3-18(19)21/h1-13H,(H,29,30). The summed E-state index contributed by atoms with van der Waals surface area (Å²) in [5.74, 6) is -0.744.